The fraction of sp³-hybridized carbons (Fsp3) is 0.444. The number of hydrogen-bond acceptors (Lipinski definition) is 2. The van der Waals surface area contributed by atoms with Crippen LogP contribution < -0.4 is 0 Å². The summed E-state index contributed by atoms with van der Waals surface area (Å²) < 4.78 is 4.72. The topological polar surface area (TPSA) is 26.3 Å². The molecule has 0 amide bonds. The summed E-state index contributed by atoms with van der Waals surface area (Å²) in [5, 5.41) is 0. The molecule has 0 radical (unpaired) electrons. The maximum atomic E-state index is 11.0. The monoisotopic (exact) mass is 150 g/mol. The van der Waals surface area contributed by atoms with Crippen LogP contribution in [-0.4, -0.2) is 12.6 Å². The lowest BCUT2D eigenvalue weighted by Gasteiger charge is -1.96. The first-order chi connectivity index (χ1) is 5.29. The van der Waals surface area contributed by atoms with Crippen molar-refractivity contribution in [2.75, 3.05) is 6.61 Å². The van der Waals surface area contributed by atoms with Gasteiger partial charge in [0.25, 0.3) is 0 Å². The minimum Gasteiger partial charge on any atom is -0.452 e. The van der Waals surface area contributed by atoms with Crippen LogP contribution in [0.25, 0.3) is 0 Å². The fourth-order valence-electron chi connectivity index (χ4n) is 0.966. The lowest BCUT2D eigenvalue weighted by atomic mass is 10.3. The molecule has 0 aromatic heterocycles. The van der Waals surface area contributed by atoms with Crippen LogP contribution in [-0.2, 0) is 9.53 Å². The number of rotatable bonds is 3. The molecule has 1 aliphatic rings. The Morgan fingerprint density at radius 3 is 3.09 bits per heavy atom. The van der Waals surface area contributed by atoms with E-state index >= 15 is 0 Å². The van der Waals surface area contributed by atoms with Gasteiger partial charge >= 0.3 is 5.97 Å². The molecule has 2 unspecified atom stereocenters. The van der Waals surface area contributed by atoms with E-state index in [0.717, 1.165) is 6.42 Å². The number of terminal acetylenes is 1. The molecule has 11 heavy (non-hydrogen) atoms. The van der Waals surface area contributed by atoms with Gasteiger partial charge in [0.1, 0.15) is 0 Å². The molecule has 0 N–H and O–H groups in total. The highest BCUT2D eigenvalue weighted by Crippen LogP contribution is 2.39. The van der Waals surface area contributed by atoms with Crippen LogP contribution in [0.2, 0.25) is 0 Å². The molecule has 2 atom stereocenters. The Hall–Kier alpha value is -1.23. The van der Waals surface area contributed by atoms with Gasteiger partial charge in [-0.2, -0.15) is 0 Å². The van der Waals surface area contributed by atoms with E-state index in [-0.39, 0.29) is 18.5 Å². The summed E-state index contributed by atoms with van der Waals surface area (Å²) in [6.07, 6.45) is 7.56. The second kappa shape index (κ2) is 3.25. The number of allylic oxidation sites excluding steroid dienone is 1. The Kier molecular flexibility index (Phi) is 2.32. The third-order valence-electron chi connectivity index (χ3n) is 1.74. The number of carbonyl (C=O) groups excluding carboxylic acids is 1. The standard InChI is InChI=1S/C9H10O2/c1-3-5-11-9(10)8-6-7(8)4-2/h1,4,7-8H,2,5-6H2. The molecule has 1 aliphatic carbocycles. The molecule has 0 aromatic carbocycles. The molecular formula is C9H10O2. The molecule has 58 valence electrons. The maximum Gasteiger partial charge on any atom is 0.310 e. The largest absolute Gasteiger partial charge is 0.452 e. The minimum atomic E-state index is -0.187. The quantitative estimate of drug-likeness (QED) is 0.340. The van der Waals surface area contributed by atoms with Gasteiger partial charge in [-0.3, -0.25) is 4.79 Å². The molecule has 0 aromatic rings. The summed E-state index contributed by atoms with van der Waals surface area (Å²) in [5.41, 5.74) is 0. The predicted molar refractivity (Wildman–Crippen MR) is 41.6 cm³/mol. The van der Waals surface area contributed by atoms with Gasteiger partial charge < -0.3 is 4.74 Å². The third kappa shape index (κ3) is 1.84. The molecule has 0 saturated heterocycles. The average molecular weight is 150 g/mol. The Morgan fingerprint density at radius 1 is 1.91 bits per heavy atom. The van der Waals surface area contributed by atoms with Crippen molar-refractivity contribution < 1.29 is 9.53 Å². The van der Waals surface area contributed by atoms with Crippen molar-refractivity contribution in [2.45, 2.75) is 6.42 Å². The van der Waals surface area contributed by atoms with Crippen LogP contribution in [0.4, 0.5) is 0 Å². The SMILES string of the molecule is C#CCOC(=O)C1CC1C=C. The molecule has 1 saturated carbocycles. The molecule has 2 nitrogen and oxygen atoms in total. The van der Waals surface area contributed by atoms with E-state index in [1.807, 2.05) is 0 Å². The van der Waals surface area contributed by atoms with Crippen molar-refractivity contribution in [2.24, 2.45) is 11.8 Å². The van der Waals surface area contributed by atoms with Gasteiger partial charge in [-0.15, -0.1) is 13.0 Å². The second-order valence-electron chi connectivity index (χ2n) is 2.55. The van der Waals surface area contributed by atoms with Gasteiger partial charge in [-0.1, -0.05) is 12.0 Å². The molecule has 0 aliphatic heterocycles. The van der Waals surface area contributed by atoms with Crippen molar-refractivity contribution in [3.8, 4) is 12.3 Å². The van der Waals surface area contributed by atoms with E-state index in [0.29, 0.717) is 5.92 Å². The Morgan fingerprint density at radius 2 is 2.64 bits per heavy atom. The van der Waals surface area contributed by atoms with Gasteiger partial charge in [-0.25, -0.2) is 0 Å². The molecular weight excluding hydrogens is 140 g/mol. The van der Waals surface area contributed by atoms with Crippen LogP contribution in [0.5, 0.6) is 0 Å². The van der Waals surface area contributed by atoms with Gasteiger partial charge in [-0.05, 0) is 12.3 Å². The van der Waals surface area contributed by atoms with Crippen LogP contribution in [0.15, 0.2) is 12.7 Å². The Bertz CT molecular complexity index is 212. The fourth-order valence-corrected chi connectivity index (χ4v) is 0.966. The van der Waals surface area contributed by atoms with E-state index in [9.17, 15) is 4.79 Å². The number of carbonyl (C=O) groups is 1. The van der Waals surface area contributed by atoms with Crippen LogP contribution in [0, 0.1) is 24.2 Å². The Balaban J connectivity index is 2.23. The number of esters is 1. The van der Waals surface area contributed by atoms with Crippen LogP contribution >= 0.6 is 0 Å². The lowest BCUT2D eigenvalue weighted by molar-refractivity contribution is -0.143. The molecule has 2 heteroatoms. The van der Waals surface area contributed by atoms with E-state index in [2.05, 4.69) is 12.5 Å². The van der Waals surface area contributed by atoms with Crippen LogP contribution in [0.1, 0.15) is 6.42 Å². The maximum absolute atomic E-state index is 11.0. The summed E-state index contributed by atoms with van der Waals surface area (Å²) >= 11 is 0. The number of ether oxygens (including phenoxy) is 1. The zero-order valence-electron chi connectivity index (χ0n) is 6.25. The van der Waals surface area contributed by atoms with E-state index in [1.54, 1.807) is 6.08 Å². The Labute approximate surface area is 66.2 Å². The summed E-state index contributed by atoms with van der Waals surface area (Å²) in [6.45, 7) is 3.67. The van der Waals surface area contributed by atoms with Gasteiger partial charge in [0.15, 0.2) is 6.61 Å². The van der Waals surface area contributed by atoms with E-state index < -0.39 is 0 Å². The highest BCUT2D eigenvalue weighted by atomic mass is 16.5. The zero-order chi connectivity index (χ0) is 8.27. The zero-order valence-corrected chi connectivity index (χ0v) is 6.25. The smallest absolute Gasteiger partial charge is 0.310 e. The van der Waals surface area contributed by atoms with Crippen molar-refractivity contribution in [3.63, 3.8) is 0 Å². The lowest BCUT2D eigenvalue weighted by Crippen LogP contribution is -2.07. The summed E-state index contributed by atoms with van der Waals surface area (Å²) in [5.74, 6) is 2.41. The van der Waals surface area contributed by atoms with Gasteiger partial charge in [0.05, 0.1) is 5.92 Å². The van der Waals surface area contributed by atoms with Crippen molar-refractivity contribution >= 4 is 5.97 Å². The minimum absolute atomic E-state index is 0.0286. The average Bonchev–Trinajstić information content (AvgIpc) is 2.78. The third-order valence-corrected chi connectivity index (χ3v) is 1.74. The van der Waals surface area contributed by atoms with E-state index in [1.165, 1.54) is 0 Å². The van der Waals surface area contributed by atoms with Crippen molar-refractivity contribution in [1.29, 1.82) is 0 Å². The summed E-state index contributed by atoms with van der Waals surface area (Å²) in [7, 11) is 0. The van der Waals surface area contributed by atoms with Gasteiger partial charge in [0.2, 0.25) is 0 Å². The highest BCUT2D eigenvalue weighted by Gasteiger charge is 2.41. The first-order valence-corrected chi connectivity index (χ1v) is 3.52. The van der Waals surface area contributed by atoms with Crippen molar-refractivity contribution in [1.82, 2.24) is 0 Å². The van der Waals surface area contributed by atoms with Crippen LogP contribution in [0.3, 0.4) is 0 Å². The first kappa shape index (κ1) is 7.87. The van der Waals surface area contributed by atoms with Crippen molar-refractivity contribution in [3.05, 3.63) is 12.7 Å². The van der Waals surface area contributed by atoms with Gasteiger partial charge in [0, 0.05) is 0 Å². The summed E-state index contributed by atoms with van der Waals surface area (Å²) in [4.78, 5) is 11.0. The molecule has 0 spiro atoms. The number of hydrogen-bond donors (Lipinski definition) is 0. The predicted octanol–water partition coefficient (Wildman–Crippen LogP) is 0.985. The normalized spacial score (nSPS) is 26.8. The second-order valence-corrected chi connectivity index (χ2v) is 2.55. The molecule has 1 fully saturated rings. The highest BCUT2D eigenvalue weighted by molar-refractivity contribution is 5.76. The molecule has 0 bridgehead atoms. The first-order valence-electron chi connectivity index (χ1n) is 3.52. The molecule has 1 rings (SSSR count). The molecule has 0 heterocycles. The van der Waals surface area contributed by atoms with E-state index in [4.69, 9.17) is 11.2 Å². The summed E-state index contributed by atoms with van der Waals surface area (Å²) in [6, 6.07) is 0.